The molecule has 0 saturated heterocycles. The maximum Gasteiger partial charge on any atom is 0.255 e. The summed E-state index contributed by atoms with van der Waals surface area (Å²) >= 11 is 0. The van der Waals surface area contributed by atoms with E-state index in [4.69, 9.17) is 0 Å². The number of carbonyl (C=O) groups is 2. The van der Waals surface area contributed by atoms with Crippen LogP contribution in [-0.4, -0.2) is 29.8 Å². The second-order valence-electron chi connectivity index (χ2n) is 8.20. The first-order valence-corrected chi connectivity index (χ1v) is 11.3. The van der Waals surface area contributed by atoms with Crippen LogP contribution in [0.15, 0.2) is 71.2 Å². The molecule has 166 valence electrons. The highest BCUT2D eigenvalue weighted by Gasteiger charge is 2.38. The maximum absolute atomic E-state index is 13.4. The summed E-state index contributed by atoms with van der Waals surface area (Å²) in [5.74, 6) is -0.0275. The molecular weight excluding hydrogens is 400 g/mol. The number of carbonyl (C=O) groups excluding carboxylic acids is 2. The van der Waals surface area contributed by atoms with Crippen LogP contribution in [0.3, 0.4) is 0 Å². The third kappa shape index (κ3) is 4.17. The molecule has 6 heteroatoms. The Morgan fingerprint density at radius 3 is 2.53 bits per heavy atom. The lowest BCUT2D eigenvalue weighted by Gasteiger charge is -2.34. The zero-order valence-corrected chi connectivity index (χ0v) is 18.9. The first-order chi connectivity index (χ1) is 15.5. The van der Waals surface area contributed by atoms with E-state index in [-0.39, 0.29) is 11.7 Å². The number of hydrogen-bond donors (Lipinski definition) is 2. The van der Waals surface area contributed by atoms with Crippen molar-refractivity contribution in [3.8, 4) is 0 Å². The van der Waals surface area contributed by atoms with E-state index < -0.39 is 5.92 Å². The van der Waals surface area contributed by atoms with Crippen molar-refractivity contribution in [3.63, 3.8) is 0 Å². The number of hydrogen-bond acceptors (Lipinski definition) is 5. The van der Waals surface area contributed by atoms with Gasteiger partial charge < -0.3 is 15.5 Å². The molecule has 1 aliphatic heterocycles. The minimum absolute atomic E-state index is 0.118. The van der Waals surface area contributed by atoms with Gasteiger partial charge in [0, 0.05) is 59.9 Å². The largest absolute Gasteiger partial charge is 0.372 e. The number of dihydropyridines is 1. The van der Waals surface area contributed by atoms with Crippen molar-refractivity contribution in [2.24, 2.45) is 0 Å². The number of pyridine rings is 1. The molecule has 0 spiro atoms. The van der Waals surface area contributed by atoms with Crippen molar-refractivity contribution in [1.29, 1.82) is 0 Å². The molecule has 1 aliphatic carbocycles. The molecule has 2 aliphatic rings. The molecule has 2 aromatic rings. The van der Waals surface area contributed by atoms with E-state index in [0.717, 1.165) is 54.1 Å². The van der Waals surface area contributed by atoms with Gasteiger partial charge in [-0.25, -0.2) is 4.98 Å². The van der Waals surface area contributed by atoms with Gasteiger partial charge in [-0.3, -0.25) is 9.59 Å². The second kappa shape index (κ2) is 9.39. The van der Waals surface area contributed by atoms with E-state index in [1.54, 1.807) is 18.3 Å². The van der Waals surface area contributed by atoms with Crippen molar-refractivity contribution < 1.29 is 9.59 Å². The summed E-state index contributed by atoms with van der Waals surface area (Å²) in [5, 5.41) is 6.27. The van der Waals surface area contributed by atoms with Crippen LogP contribution < -0.4 is 15.5 Å². The van der Waals surface area contributed by atoms with Gasteiger partial charge in [-0.2, -0.15) is 0 Å². The Bertz CT molecular complexity index is 1070. The molecule has 1 amide bonds. The quantitative estimate of drug-likeness (QED) is 0.704. The van der Waals surface area contributed by atoms with Gasteiger partial charge in [0.05, 0.1) is 0 Å². The molecule has 0 unspecified atom stereocenters. The number of Topliss-reactive ketones (excluding diaryl/α,β-unsaturated/α-hetero) is 1. The number of benzene rings is 1. The number of ketones is 1. The number of amides is 1. The molecule has 4 rings (SSSR count). The minimum Gasteiger partial charge on any atom is -0.372 e. The van der Waals surface area contributed by atoms with Gasteiger partial charge in [0.25, 0.3) is 5.91 Å². The first kappa shape index (κ1) is 21.8. The molecule has 2 N–H and O–H groups in total. The van der Waals surface area contributed by atoms with Crippen LogP contribution in [0.25, 0.3) is 0 Å². The number of rotatable bonds is 6. The number of aromatic nitrogens is 1. The van der Waals surface area contributed by atoms with Gasteiger partial charge >= 0.3 is 0 Å². The summed E-state index contributed by atoms with van der Waals surface area (Å²) in [7, 11) is 0. The lowest BCUT2D eigenvalue weighted by molar-refractivity contribution is -0.116. The third-order valence-electron chi connectivity index (χ3n) is 6.28. The molecule has 2 heterocycles. The Labute approximate surface area is 189 Å². The Morgan fingerprint density at radius 1 is 1.12 bits per heavy atom. The van der Waals surface area contributed by atoms with Crippen LogP contribution in [0, 0.1) is 0 Å². The van der Waals surface area contributed by atoms with Crippen molar-refractivity contribution in [2.75, 3.05) is 23.3 Å². The summed E-state index contributed by atoms with van der Waals surface area (Å²) in [4.78, 5) is 33.0. The highest BCUT2D eigenvalue weighted by molar-refractivity contribution is 6.09. The highest BCUT2D eigenvalue weighted by Crippen LogP contribution is 2.42. The second-order valence-corrected chi connectivity index (χ2v) is 8.20. The molecule has 1 atom stereocenters. The van der Waals surface area contributed by atoms with Crippen molar-refractivity contribution in [2.45, 2.75) is 46.0 Å². The van der Waals surface area contributed by atoms with Gasteiger partial charge in [0.15, 0.2) is 5.78 Å². The van der Waals surface area contributed by atoms with Crippen LogP contribution in [0.4, 0.5) is 11.5 Å². The average molecular weight is 431 g/mol. The lowest BCUT2D eigenvalue weighted by Crippen LogP contribution is -2.35. The summed E-state index contributed by atoms with van der Waals surface area (Å²) in [6.07, 6.45) is 3.82. The van der Waals surface area contributed by atoms with E-state index in [1.807, 2.05) is 13.0 Å². The maximum atomic E-state index is 13.4. The Hall–Kier alpha value is -3.41. The molecule has 0 radical (unpaired) electrons. The predicted octanol–water partition coefficient (Wildman–Crippen LogP) is 4.53. The van der Waals surface area contributed by atoms with Gasteiger partial charge in [-0.05, 0) is 63.4 Å². The van der Waals surface area contributed by atoms with Crippen molar-refractivity contribution in [1.82, 2.24) is 10.3 Å². The molecule has 0 saturated carbocycles. The smallest absolute Gasteiger partial charge is 0.255 e. The van der Waals surface area contributed by atoms with Crippen LogP contribution in [-0.2, 0) is 9.59 Å². The van der Waals surface area contributed by atoms with Gasteiger partial charge in [-0.1, -0.05) is 18.2 Å². The SMILES string of the molecule is CCN(CC)c1ccc([C@@H]2C(C(=O)Nc3ccccn3)=C(C)NC3=C2C(=O)CCC3)cc1. The lowest BCUT2D eigenvalue weighted by atomic mass is 9.75. The van der Waals surface area contributed by atoms with Gasteiger partial charge in [-0.15, -0.1) is 0 Å². The Morgan fingerprint density at radius 2 is 1.88 bits per heavy atom. The van der Waals surface area contributed by atoms with E-state index >= 15 is 0 Å². The zero-order chi connectivity index (χ0) is 22.7. The van der Waals surface area contributed by atoms with E-state index in [1.165, 1.54) is 0 Å². The first-order valence-electron chi connectivity index (χ1n) is 11.3. The normalized spacial score (nSPS) is 18.2. The van der Waals surface area contributed by atoms with Crippen LogP contribution >= 0.6 is 0 Å². The summed E-state index contributed by atoms with van der Waals surface area (Å²) in [6, 6.07) is 13.7. The predicted molar refractivity (Wildman–Crippen MR) is 127 cm³/mol. The number of anilines is 2. The Balaban J connectivity index is 1.76. The number of nitrogens with one attached hydrogen (secondary N) is 2. The van der Waals surface area contributed by atoms with Crippen LogP contribution in [0.5, 0.6) is 0 Å². The molecular formula is C26H30N4O2. The zero-order valence-electron chi connectivity index (χ0n) is 18.9. The molecule has 32 heavy (non-hydrogen) atoms. The molecule has 0 fully saturated rings. The fraction of sp³-hybridized carbons (Fsp3) is 0.346. The van der Waals surface area contributed by atoms with Crippen molar-refractivity contribution in [3.05, 3.63) is 76.8 Å². The summed E-state index contributed by atoms with van der Waals surface area (Å²) in [5.41, 5.74) is 5.12. The summed E-state index contributed by atoms with van der Waals surface area (Å²) in [6.45, 7) is 8.03. The summed E-state index contributed by atoms with van der Waals surface area (Å²) < 4.78 is 0. The fourth-order valence-electron chi connectivity index (χ4n) is 4.70. The number of nitrogens with zero attached hydrogens (tertiary/aromatic N) is 2. The van der Waals surface area contributed by atoms with Crippen LogP contribution in [0.1, 0.15) is 51.5 Å². The highest BCUT2D eigenvalue weighted by atomic mass is 16.2. The molecule has 1 aromatic carbocycles. The van der Waals surface area contributed by atoms with E-state index in [0.29, 0.717) is 17.8 Å². The van der Waals surface area contributed by atoms with Gasteiger partial charge in [0.2, 0.25) is 0 Å². The molecule has 1 aromatic heterocycles. The molecule has 0 bridgehead atoms. The molecule has 6 nitrogen and oxygen atoms in total. The Kier molecular flexibility index (Phi) is 6.40. The van der Waals surface area contributed by atoms with Gasteiger partial charge in [0.1, 0.15) is 5.82 Å². The monoisotopic (exact) mass is 430 g/mol. The minimum atomic E-state index is -0.395. The number of allylic oxidation sites excluding steroid dienone is 3. The average Bonchev–Trinajstić information content (AvgIpc) is 2.80. The standard InChI is InChI=1S/C26H30N4O2/c1-4-30(5-2)19-14-12-18(13-15-19)24-23(26(32)29-22-11-6-7-16-27-22)17(3)28-20-9-8-10-21(31)25(20)24/h6-7,11-16,24,28H,4-5,8-10H2,1-3H3,(H,27,29,32)/t24-/m1/s1. The third-order valence-corrected chi connectivity index (χ3v) is 6.28. The fourth-order valence-corrected chi connectivity index (χ4v) is 4.70. The van der Waals surface area contributed by atoms with Crippen molar-refractivity contribution >= 4 is 23.2 Å². The topological polar surface area (TPSA) is 74.3 Å². The van der Waals surface area contributed by atoms with E-state index in [2.05, 4.69) is 58.6 Å². The van der Waals surface area contributed by atoms with E-state index in [9.17, 15) is 9.59 Å². The van der Waals surface area contributed by atoms with Crippen LogP contribution in [0.2, 0.25) is 0 Å².